The highest BCUT2D eigenvalue weighted by molar-refractivity contribution is 7.89. The van der Waals surface area contributed by atoms with Crippen LogP contribution >= 0.6 is 11.6 Å². The monoisotopic (exact) mass is 328 g/mol. The molecule has 0 aliphatic rings. The number of rotatable bonds is 3. The van der Waals surface area contributed by atoms with E-state index in [9.17, 15) is 17.6 Å². The molecule has 0 saturated heterocycles. The molecule has 8 heteroatoms. The van der Waals surface area contributed by atoms with E-state index in [1.165, 1.54) is 42.5 Å². The van der Waals surface area contributed by atoms with E-state index in [2.05, 4.69) is 5.32 Å². The Bertz CT molecular complexity index is 792. The Morgan fingerprint density at radius 2 is 1.76 bits per heavy atom. The fourth-order valence-electron chi connectivity index (χ4n) is 1.61. The predicted molar refractivity (Wildman–Crippen MR) is 77.2 cm³/mol. The van der Waals surface area contributed by atoms with Crippen LogP contribution < -0.4 is 10.5 Å². The molecule has 21 heavy (non-hydrogen) atoms. The molecule has 2 aromatic rings. The molecule has 2 aromatic carbocycles. The number of nitrogens with two attached hydrogens (primary N) is 1. The average Bonchev–Trinajstić information content (AvgIpc) is 2.41. The molecule has 0 saturated carbocycles. The Morgan fingerprint density at radius 1 is 1.14 bits per heavy atom. The number of anilines is 1. The second-order valence-corrected chi connectivity index (χ2v) is 6.09. The van der Waals surface area contributed by atoms with Crippen LogP contribution in [0.1, 0.15) is 10.4 Å². The SMILES string of the molecule is NS(=O)(=O)c1ccc(NC(=O)c2cccc(Cl)c2F)cc1. The lowest BCUT2D eigenvalue weighted by atomic mass is 10.2. The number of carbonyl (C=O) groups is 1. The lowest BCUT2D eigenvalue weighted by Crippen LogP contribution is -2.15. The Hall–Kier alpha value is -1.96. The summed E-state index contributed by atoms with van der Waals surface area (Å²) in [4.78, 5) is 11.8. The number of carbonyl (C=O) groups excluding carboxylic acids is 1. The molecule has 0 spiro atoms. The molecule has 5 nitrogen and oxygen atoms in total. The number of amides is 1. The highest BCUT2D eigenvalue weighted by Crippen LogP contribution is 2.19. The first-order valence-electron chi connectivity index (χ1n) is 5.67. The van der Waals surface area contributed by atoms with Gasteiger partial charge < -0.3 is 5.32 Å². The quantitative estimate of drug-likeness (QED) is 0.906. The lowest BCUT2D eigenvalue weighted by Gasteiger charge is -2.07. The predicted octanol–water partition coefficient (Wildman–Crippen LogP) is 2.38. The Kier molecular flexibility index (Phi) is 4.26. The van der Waals surface area contributed by atoms with Gasteiger partial charge in [0.15, 0.2) is 5.82 Å². The van der Waals surface area contributed by atoms with Gasteiger partial charge in [-0.05, 0) is 36.4 Å². The highest BCUT2D eigenvalue weighted by atomic mass is 35.5. The summed E-state index contributed by atoms with van der Waals surface area (Å²) in [6, 6.07) is 9.23. The van der Waals surface area contributed by atoms with Crippen LogP contribution in [0, 0.1) is 5.82 Å². The van der Waals surface area contributed by atoms with E-state index in [0.717, 1.165) is 0 Å². The second-order valence-electron chi connectivity index (χ2n) is 4.12. The lowest BCUT2D eigenvalue weighted by molar-refractivity contribution is 0.102. The van der Waals surface area contributed by atoms with Gasteiger partial charge in [-0.25, -0.2) is 17.9 Å². The summed E-state index contributed by atoms with van der Waals surface area (Å²) in [6.07, 6.45) is 0. The van der Waals surface area contributed by atoms with Crippen molar-refractivity contribution in [1.82, 2.24) is 0 Å². The van der Waals surface area contributed by atoms with Crippen LogP contribution in [-0.4, -0.2) is 14.3 Å². The minimum atomic E-state index is -3.80. The van der Waals surface area contributed by atoms with Gasteiger partial charge in [-0.3, -0.25) is 4.79 Å². The third-order valence-electron chi connectivity index (χ3n) is 2.64. The van der Waals surface area contributed by atoms with Gasteiger partial charge in [0, 0.05) is 5.69 Å². The number of halogens is 2. The van der Waals surface area contributed by atoms with Gasteiger partial charge in [0.2, 0.25) is 10.0 Å². The van der Waals surface area contributed by atoms with Crippen LogP contribution in [0.3, 0.4) is 0 Å². The van der Waals surface area contributed by atoms with E-state index < -0.39 is 21.7 Å². The van der Waals surface area contributed by atoms with E-state index >= 15 is 0 Å². The Morgan fingerprint density at radius 3 is 2.33 bits per heavy atom. The zero-order valence-corrected chi connectivity index (χ0v) is 12.1. The maximum atomic E-state index is 13.7. The summed E-state index contributed by atoms with van der Waals surface area (Å²) in [6.45, 7) is 0. The molecule has 3 N–H and O–H groups in total. The molecule has 0 bridgehead atoms. The van der Waals surface area contributed by atoms with Gasteiger partial charge >= 0.3 is 0 Å². The van der Waals surface area contributed by atoms with E-state index in [1.807, 2.05) is 0 Å². The van der Waals surface area contributed by atoms with Crippen molar-refractivity contribution in [2.24, 2.45) is 5.14 Å². The van der Waals surface area contributed by atoms with Crippen molar-refractivity contribution < 1.29 is 17.6 Å². The van der Waals surface area contributed by atoms with Gasteiger partial charge in [-0.15, -0.1) is 0 Å². The van der Waals surface area contributed by atoms with Gasteiger partial charge in [-0.2, -0.15) is 0 Å². The van der Waals surface area contributed by atoms with Crippen molar-refractivity contribution in [2.45, 2.75) is 4.90 Å². The zero-order valence-electron chi connectivity index (χ0n) is 10.5. The Labute approximate surface area is 125 Å². The number of benzene rings is 2. The van der Waals surface area contributed by atoms with Crippen LogP contribution in [-0.2, 0) is 10.0 Å². The van der Waals surface area contributed by atoms with Crippen LogP contribution in [0.2, 0.25) is 5.02 Å². The zero-order chi connectivity index (χ0) is 15.6. The molecule has 0 radical (unpaired) electrons. The van der Waals surface area contributed by atoms with Crippen LogP contribution in [0.5, 0.6) is 0 Å². The number of hydrogen-bond donors (Lipinski definition) is 2. The molecular formula is C13H10ClFN2O3S. The average molecular weight is 329 g/mol. The molecule has 2 rings (SSSR count). The molecule has 0 aromatic heterocycles. The molecular weight excluding hydrogens is 319 g/mol. The van der Waals surface area contributed by atoms with Gasteiger partial charge in [0.25, 0.3) is 5.91 Å². The van der Waals surface area contributed by atoms with Crippen molar-refractivity contribution in [1.29, 1.82) is 0 Å². The number of hydrogen-bond acceptors (Lipinski definition) is 3. The van der Waals surface area contributed by atoms with E-state index in [-0.39, 0.29) is 15.5 Å². The smallest absolute Gasteiger partial charge is 0.258 e. The molecule has 0 atom stereocenters. The fourth-order valence-corrected chi connectivity index (χ4v) is 2.30. The van der Waals surface area contributed by atoms with Gasteiger partial charge in [0.1, 0.15) is 0 Å². The van der Waals surface area contributed by atoms with Crippen molar-refractivity contribution >= 4 is 33.2 Å². The van der Waals surface area contributed by atoms with E-state index in [1.54, 1.807) is 0 Å². The fraction of sp³-hybridized carbons (Fsp3) is 0. The maximum absolute atomic E-state index is 13.7. The molecule has 0 fully saturated rings. The van der Waals surface area contributed by atoms with Crippen molar-refractivity contribution in [3.63, 3.8) is 0 Å². The molecule has 0 aliphatic heterocycles. The molecule has 0 aliphatic carbocycles. The summed E-state index contributed by atoms with van der Waals surface area (Å²) in [5, 5.41) is 7.23. The van der Waals surface area contributed by atoms with Crippen LogP contribution in [0.15, 0.2) is 47.4 Å². The molecule has 0 unspecified atom stereocenters. The third-order valence-corrected chi connectivity index (χ3v) is 3.86. The summed E-state index contributed by atoms with van der Waals surface area (Å²) < 4.78 is 35.9. The second kappa shape index (κ2) is 5.80. The topological polar surface area (TPSA) is 89.3 Å². The number of sulfonamides is 1. The first kappa shape index (κ1) is 15.4. The van der Waals surface area contributed by atoms with Crippen LogP contribution in [0.25, 0.3) is 0 Å². The summed E-state index contributed by atoms with van der Waals surface area (Å²) in [5.41, 5.74) is 0.0878. The minimum Gasteiger partial charge on any atom is -0.322 e. The van der Waals surface area contributed by atoms with Gasteiger partial charge in [-0.1, -0.05) is 17.7 Å². The number of nitrogens with one attached hydrogen (secondary N) is 1. The summed E-state index contributed by atoms with van der Waals surface area (Å²) in [7, 11) is -3.80. The number of primary sulfonamides is 1. The summed E-state index contributed by atoms with van der Waals surface area (Å²) in [5.74, 6) is -1.52. The third kappa shape index (κ3) is 3.57. The van der Waals surface area contributed by atoms with E-state index in [4.69, 9.17) is 16.7 Å². The first-order valence-corrected chi connectivity index (χ1v) is 7.59. The molecule has 110 valence electrons. The van der Waals surface area contributed by atoms with Crippen LogP contribution in [0.4, 0.5) is 10.1 Å². The molecule has 0 heterocycles. The first-order chi connectivity index (χ1) is 9.79. The van der Waals surface area contributed by atoms with Crippen molar-refractivity contribution in [3.8, 4) is 0 Å². The normalized spacial score (nSPS) is 11.2. The molecule has 1 amide bonds. The van der Waals surface area contributed by atoms with E-state index in [0.29, 0.717) is 5.69 Å². The van der Waals surface area contributed by atoms with Crippen molar-refractivity contribution in [2.75, 3.05) is 5.32 Å². The largest absolute Gasteiger partial charge is 0.322 e. The van der Waals surface area contributed by atoms with Crippen molar-refractivity contribution in [3.05, 3.63) is 58.9 Å². The highest BCUT2D eigenvalue weighted by Gasteiger charge is 2.14. The summed E-state index contributed by atoms with van der Waals surface area (Å²) >= 11 is 5.60. The Balaban J connectivity index is 2.22. The van der Waals surface area contributed by atoms with Gasteiger partial charge in [0.05, 0.1) is 15.5 Å². The standard InChI is InChI=1S/C13H10ClFN2O3S/c14-11-3-1-2-10(12(11)15)13(18)17-8-4-6-9(7-5-8)21(16,19)20/h1-7H,(H,17,18)(H2,16,19,20). The minimum absolute atomic E-state index is 0.0885. The maximum Gasteiger partial charge on any atom is 0.258 e.